The molecule has 0 aromatic heterocycles. The van der Waals surface area contributed by atoms with Gasteiger partial charge in [-0.2, -0.15) is 0 Å². The van der Waals surface area contributed by atoms with E-state index in [-0.39, 0.29) is 17.3 Å². The normalized spacial score (nSPS) is 48.5. The van der Waals surface area contributed by atoms with Crippen molar-refractivity contribution in [3.63, 3.8) is 0 Å². The van der Waals surface area contributed by atoms with Gasteiger partial charge in [0.1, 0.15) is 6.04 Å². The molecule has 5 nitrogen and oxygen atoms in total. The molecule has 70 valence electrons. The van der Waals surface area contributed by atoms with E-state index in [1.54, 1.807) is 0 Å². The van der Waals surface area contributed by atoms with Crippen molar-refractivity contribution in [2.24, 2.45) is 0 Å². The van der Waals surface area contributed by atoms with Crippen LogP contribution in [-0.4, -0.2) is 23.5 Å². The van der Waals surface area contributed by atoms with Crippen LogP contribution in [0.5, 0.6) is 0 Å². The van der Waals surface area contributed by atoms with Crippen LogP contribution in [0.4, 0.5) is 0 Å². The van der Waals surface area contributed by atoms with Crippen molar-refractivity contribution in [3.8, 4) is 0 Å². The first kappa shape index (κ1) is 8.40. The predicted octanol–water partition coefficient (Wildman–Crippen LogP) is -1.94. The molecule has 12 heavy (non-hydrogen) atoms. The zero-order chi connectivity index (χ0) is 8.55. The van der Waals surface area contributed by atoms with E-state index in [1.165, 1.54) is 0 Å². The summed E-state index contributed by atoms with van der Waals surface area (Å²) in [6.07, 6.45) is 3.42. The predicted molar refractivity (Wildman–Crippen MR) is 42.7 cm³/mol. The van der Waals surface area contributed by atoms with E-state index >= 15 is 0 Å². The van der Waals surface area contributed by atoms with Gasteiger partial charge in [-0.3, -0.25) is 10.5 Å². The van der Waals surface area contributed by atoms with Gasteiger partial charge in [-0.25, -0.2) is 0 Å². The first-order chi connectivity index (χ1) is 5.77. The second kappa shape index (κ2) is 3.27. The van der Waals surface area contributed by atoms with Crippen molar-refractivity contribution >= 4 is 0 Å². The molecule has 4 atom stereocenters. The molecule has 0 bridgehead atoms. The summed E-state index contributed by atoms with van der Waals surface area (Å²) in [5.41, 5.74) is 2.48. The van der Waals surface area contributed by atoms with Gasteiger partial charge < -0.3 is 10.3 Å². The Balaban J connectivity index is 2.01. The van der Waals surface area contributed by atoms with Crippen LogP contribution >= 0.6 is 0 Å². The van der Waals surface area contributed by atoms with E-state index in [2.05, 4.69) is 10.7 Å². The number of hydrogen-bond donors (Lipinski definition) is 4. The molecule has 2 rings (SSSR count). The van der Waals surface area contributed by atoms with E-state index in [4.69, 9.17) is 0 Å². The van der Waals surface area contributed by atoms with Gasteiger partial charge in [0.2, 0.25) is 6.35 Å². The highest BCUT2D eigenvalue weighted by molar-refractivity contribution is 4.82. The number of aliphatic hydroxyl groups is 1. The topological polar surface area (TPSA) is 71.8 Å². The Labute approximate surface area is 71.3 Å². The van der Waals surface area contributed by atoms with Gasteiger partial charge in [0, 0.05) is 6.42 Å². The third kappa shape index (κ3) is 1.46. The van der Waals surface area contributed by atoms with E-state index in [1.807, 2.05) is 0 Å². The van der Waals surface area contributed by atoms with Crippen LogP contribution < -0.4 is 15.9 Å². The van der Waals surface area contributed by atoms with Crippen molar-refractivity contribution in [1.29, 1.82) is 0 Å². The van der Waals surface area contributed by atoms with Crippen LogP contribution in [-0.2, 0) is 0 Å². The highest BCUT2D eigenvalue weighted by Gasteiger charge is 2.36. The molecule has 1 aliphatic heterocycles. The zero-order valence-electron chi connectivity index (χ0n) is 6.92. The lowest BCUT2D eigenvalue weighted by atomic mass is 9.90. The molecule has 2 fully saturated rings. The minimum absolute atomic E-state index is 0.00551. The molecule has 0 aromatic carbocycles. The average molecular weight is 173 g/mol. The molecule has 2 aliphatic rings. The summed E-state index contributed by atoms with van der Waals surface area (Å²) in [6, 6.07) is 0.282. The summed E-state index contributed by atoms with van der Waals surface area (Å²) >= 11 is 0. The SMILES string of the molecule is [O-][NH+]1NC(O)NC2CCCCC21. The Bertz CT molecular complexity index is 167. The van der Waals surface area contributed by atoms with Gasteiger partial charge in [0.15, 0.2) is 0 Å². The number of aliphatic hydroxyl groups excluding tert-OH is 1. The monoisotopic (exact) mass is 173 g/mol. The molecule has 4 N–H and O–H groups in total. The minimum Gasteiger partial charge on any atom is -0.613 e. The van der Waals surface area contributed by atoms with Crippen LogP contribution in [0.2, 0.25) is 0 Å². The fourth-order valence-corrected chi connectivity index (χ4v) is 2.13. The average Bonchev–Trinajstić information content (AvgIpc) is 2.04. The van der Waals surface area contributed by atoms with Crippen LogP contribution in [0.25, 0.3) is 0 Å². The van der Waals surface area contributed by atoms with Gasteiger partial charge in [0.05, 0.1) is 6.04 Å². The quantitative estimate of drug-likeness (QED) is 0.322. The Morgan fingerprint density at radius 3 is 2.92 bits per heavy atom. The fraction of sp³-hybridized carbons (Fsp3) is 1.00. The van der Waals surface area contributed by atoms with Crippen LogP contribution in [0, 0.1) is 5.21 Å². The largest absolute Gasteiger partial charge is 0.613 e. The standard InChI is InChI=1S/C7H15N3O2/c11-7-8-5-3-1-2-4-6(5)10(12)9-7/h5-11H,1-4H2. The van der Waals surface area contributed by atoms with Gasteiger partial charge in [-0.1, -0.05) is 6.42 Å². The highest BCUT2D eigenvalue weighted by Crippen LogP contribution is 2.17. The molecular weight excluding hydrogens is 158 g/mol. The van der Waals surface area contributed by atoms with Crippen LogP contribution in [0.15, 0.2) is 0 Å². The maximum absolute atomic E-state index is 11.3. The highest BCUT2D eigenvalue weighted by atomic mass is 16.6. The van der Waals surface area contributed by atoms with Crippen molar-refractivity contribution in [3.05, 3.63) is 5.21 Å². The maximum Gasteiger partial charge on any atom is 0.205 e. The summed E-state index contributed by atoms with van der Waals surface area (Å²) in [7, 11) is 0. The summed E-state index contributed by atoms with van der Waals surface area (Å²) < 4.78 is 0. The van der Waals surface area contributed by atoms with Gasteiger partial charge >= 0.3 is 0 Å². The first-order valence-corrected chi connectivity index (χ1v) is 4.52. The zero-order valence-corrected chi connectivity index (χ0v) is 6.92. The van der Waals surface area contributed by atoms with Crippen molar-refractivity contribution in [2.45, 2.75) is 44.1 Å². The molecule has 0 amide bonds. The number of nitrogens with one attached hydrogen (secondary N) is 3. The van der Waals surface area contributed by atoms with Gasteiger partial charge in [-0.05, 0) is 12.8 Å². The number of hydrogen-bond acceptors (Lipinski definition) is 4. The Morgan fingerprint density at radius 2 is 2.08 bits per heavy atom. The minimum atomic E-state index is -0.836. The van der Waals surface area contributed by atoms with Crippen molar-refractivity contribution < 1.29 is 10.3 Å². The molecular formula is C7H15N3O2. The van der Waals surface area contributed by atoms with Gasteiger partial charge in [-0.15, -0.1) is 5.43 Å². The van der Waals surface area contributed by atoms with Crippen LogP contribution in [0.3, 0.4) is 0 Å². The Morgan fingerprint density at radius 1 is 1.33 bits per heavy atom. The summed E-state index contributed by atoms with van der Waals surface area (Å²) in [4.78, 5) is 0. The first-order valence-electron chi connectivity index (χ1n) is 4.52. The molecule has 1 saturated heterocycles. The number of hydroxylamine groups is 1. The molecule has 1 saturated carbocycles. The molecule has 5 heteroatoms. The lowest BCUT2D eigenvalue weighted by Gasteiger charge is -2.45. The summed E-state index contributed by atoms with van der Waals surface area (Å²) in [5, 5.41) is 23.5. The molecule has 1 aliphatic carbocycles. The Hall–Kier alpha value is -0.200. The number of quaternary nitrogens is 1. The molecule has 0 aromatic rings. The maximum atomic E-state index is 11.3. The number of rotatable bonds is 0. The lowest BCUT2D eigenvalue weighted by Crippen LogP contribution is -3.22. The summed E-state index contributed by atoms with van der Waals surface area (Å²) in [6.45, 7) is 0. The van der Waals surface area contributed by atoms with Gasteiger partial charge in [0.25, 0.3) is 0 Å². The third-order valence-electron chi connectivity index (χ3n) is 2.75. The van der Waals surface area contributed by atoms with E-state index in [0.717, 1.165) is 25.7 Å². The number of fused-ring (bicyclic) bond motifs is 1. The van der Waals surface area contributed by atoms with E-state index < -0.39 is 6.35 Å². The smallest absolute Gasteiger partial charge is 0.205 e. The fourth-order valence-electron chi connectivity index (χ4n) is 2.13. The molecule has 1 heterocycles. The van der Waals surface area contributed by atoms with Crippen molar-refractivity contribution in [1.82, 2.24) is 10.7 Å². The van der Waals surface area contributed by atoms with E-state index in [0.29, 0.717) is 0 Å². The van der Waals surface area contributed by atoms with Crippen LogP contribution in [0.1, 0.15) is 25.7 Å². The molecule has 4 unspecified atom stereocenters. The second-order valence-corrected chi connectivity index (χ2v) is 3.58. The van der Waals surface area contributed by atoms with Crippen molar-refractivity contribution in [2.75, 3.05) is 0 Å². The van der Waals surface area contributed by atoms with E-state index in [9.17, 15) is 10.3 Å². The summed E-state index contributed by atoms with van der Waals surface area (Å²) in [5.74, 6) is 0. The second-order valence-electron chi connectivity index (χ2n) is 3.58. The third-order valence-corrected chi connectivity index (χ3v) is 2.75. The molecule has 0 spiro atoms. The lowest BCUT2D eigenvalue weighted by molar-refractivity contribution is -0.938. The Kier molecular flexibility index (Phi) is 2.29. The molecule has 0 radical (unpaired) electrons.